The number of thiazole rings is 1. The van der Waals surface area contributed by atoms with Crippen LogP contribution < -0.4 is 15.4 Å². The number of hydrogen-bond donors (Lipinski definition) is 3. The summed E-state index contributed by atoms with van der Waals surface area (Å²) >= 11 is 1.22. The van der Waals surface area contributed by atoms with Crippen molar-refractivity contribution in [3.05, 3.63) is 64.6 Å². The van der Waals surface area contributed by atoms with Crippen LogP contribution in [-0.4, -0.2) is 31.5 Å². The quantitative estimate of drug-likeness (QED) is 0.485. The molecule has 1 aromatic carbocycles. The van der Waals surface area contributed by atoms with Gasteiger partial charge in [0, 0.05) is 11.9 Å². The van der Waals surface area contributed by atoms with E-state index in [2.05, 4.69) is 20.3 Å². The number of sulfonamides is 1. The number of anilines is 2. The molecule has 0 radical (unpaired) electrons. The predicted octanol–water partition coefficient (Wildman–Crippen LogP) is 2.53. The summed E-state index contributed by atoms with van der Waals surface area (Å²) < 4.78 is 30.5. The number of benzene rings is 1. The molecule has 2 heterocycles. The number of nitrogens with one attached hydrogen (secondary N) is 3. The minimum absolute atomic E-state index is 0.0266. The van der Waals surface area contributed by atoms with Crippen molar-refractivity contribution in [2.24, 2.45) is 0 Å². The van der Waals surface area contributed by atoms with Crippen molar-refractivity contribution in [3.8, 4) is 0 Å². The third-order valence-corrected chi connectivity index (χ3v) is 5.40. The maximum atomic E-state index is 12.3. The highest BCUT2D eigenvalue weighted by atomic mass is 32.2. The first kappa shape index (κ1) is 21.5. The van der Waals surface area contributed by atoms with Crippen LogP contribution in [0.2, 0.25) is 0 Å². The van der Waals surface area contributed by atoms with Crippen molar-refractivity contribution in [1.82, 2.24) is 10.3 Å². The SMILES string of the molecule is Cc1occc1C(=O)Nc1nc(CC(=O)NCc2ccccc2NS(C)(=O)=O)cs1. The van der Waals surface area contributed by atoms with Gasteiger partial charge in [-0.25, -0.2) is 13.4 Å². The van der Waals surface area contributed by atoms with Gasteiger partial charge in [0.2, 0.25) is 15.9 Å². The van der Waals surface area contributed by atoms with E-state index in [9.17, 15) is 18.0 Å². The summed E-state index contributed by atoms with van der Waals surface area (Å²) in [7, 11) is -3.42. The molecule has 3 rings (SSSR count). The Balaban J connectivity index is 1.55. The lowest BCUT2D eigenvalue weighted by Gasteiger charge is -2.11. The van der Waals surface area contributed by atoms with E-state index in [-0.39, 0.29) is 24.8 Å². The summed E-state index contributed by atoms with van der Waals surface area (Å²) in [6.45, 7) is 1.85. The van der Waals surface area contributed by atoms with E-state index in [1.807, 2.05) is 0 Å². The zero-order valence-corrected chi connectivity index (χ0v) is 17.9. The average Bonchev–Trinajstić information content (AvgIpc) is 3.28. The van der Waals surface area contributed by atoms with E-state index in [1.165, 1.54) is 17.6 Å². The Kier molecular flexibility index (Phi) is 6.53. The standard InChI is InChI=1S/C19H20N4O5S2/c1-12-15(7-8-28-12)18(25)22-19-21-14(11-29-19)9-17(24)20-10-13-5-3-4-6-16(13)23-30(2,26)27/h3-8,11,23H,9-10H2,1-2H3,(H,20,24)(H,21,22,25). The highest BCUT2D eigenvalue weighted by Crippen LogP contribution is 2.19. The summed E-state index contributed by atoms with van der Waals surface area (Å²) in [6, 6.07) is 8.38. The average molecular weight is 449 g/mol. The molecule has 158 valence electrons. The second-order valence-electron chi connectivity index (χ2n) is 6.47. The van der Waals surface area contributed by atoms with Crippen molar-refractivity contribution in [1.29, 1.82) is 0 Å². The summed E-state index contributed by atoms with van der Waals surface area (Å²) in [5.74, 6) is -0.103. The number of carbonyl (C=O) groups is 2. The van der Waals surface area contributed by atoms with Crippen molar-refractivity contribution in [3.63, 3.8) is 0 Å². The maximum Gasteiger partial charge on any atom is 0.260 e. The van der Waals surface area contributed by atoms with E-state index < -0.39 is 10.0 Å². The molecule has 0 spiro atoms. The van der Waals surface area contributed by atoms with Crippen LogP contribution in [-0.2, 0) is 27.8 Å². The van der Waals surface area contributed by atoms with Gasteiger partial charge in [0.05, 0.1) is 35.9 Å². The van der Waals surface area contributed by atoms with Crippen molar-refractivity contribution in [2.45, 2.75) is 19.9 Å². The van der Waals surface area contributed by atoms with Gasteiger partial charge >= 0.3 is 0 Å². The van der Waals surface area contributed by atoms with Crippen LogP contribution in [0.25, 0.3) is 0 Å². The number of hydrogen-bond acceptors (Lipinski definition) is 7. The molecular weight excluding hydrogens is 428 g/mol. The molecular formula is C19H20N4O5S2. The molecule has 0 atom stereocenters. The van der Waals surface area contributed by atoms with E-state index >= 15 is 0 Å². The molecule has 11 heteroatoms. The molecule has 3 N–H and O–H groups in total. The number of nitrogens with zero attached hydrogens (tertiary/aromatic N) is 1. The minimum atomic E-state index is -3.42. The van der Waals surface area contributed by atoms with Gasteiger partial charge in [-0.05, 0) is 24.6 Å². The fourth-order valence-electron chi connectivity index (χ4n) is 2.63. The lowest BCUT2D eigenvalue weighted by atomic mass is 10.2. The molecule has 2 amide bonds. The normalized spacial score (nSPS) is 11.1. The van der Waals surface area contributed by atoms with Crippen molar-refractivity contribution >= 4 is 44.0 Å². The molecule has 2 aromatic heterocycles. The van der Waals surface area contributed by atoms with Gasteiger partial charge in [-0.1, -0.05) is 18.2 Å². The maximum absolute atomic E-state index is 12.3. The molecule has 0 bridgehead atoms. The number of para-hydroxylation sites is 1. The zero-order valence-electron chi connectivity index (χ0n) is 16.3. The van der Waals surface area contributed by atoms with Crippen LogP contribution in [0.4, 0.5) is 10.8 Å². The number of rotatable bonds is 8. The molecule has 0 aliphatic rings. The molecule has 9 nitrogen and oxygen atoms in total. The smallest absolute Gasteiger partial charge is 0.260 e. The van der Waals surface area contributed by atoms with Gasteiger partial charge in [-0.2, -0.15) is 0 Å². The van der Waals surface area contributed by atoms with E-state index in [1.54, 1.807) is 42.6 Å². The highest BCUT2D eigenvalue weighted by Gasteiger charge is 2.15. The van der Waals surface area contributed by atoms with Crippen LogP contribution >= 0.6 is 11.3 Å². The summed E-state index contributed by atoms with van der Waals surface area (Å²) in [5, 5.41) is 7.49. The number of aryl methyl sites for hydroxylation is 1. The third-order valence-electron chi connectivity index (χ3n) is 4.01. The van der Waals surface area contributed by atoms with Gasteiger partial charge in [0.15, 0.2) is 5.13 Å². The Morgan fingerprint density at radius 1 is 1.20 bits per heavy atom. The van der Waals surface area contributed by atoms with Crippen LogP contribution in [0.1, 0.15) is 27.4 Å². The Labute approximate surface area is 177 Å². The number of amides is 2. The first-order valence-corrected chi connectivity index (χ1v) is 11.6. The van der Waals surface area contributed by atoms with Crippen LogP contribution in [0.5, 0.6) is 0 Å². The largest absolute Gasteiger partial charge is 0.469 e. The number of carbonyl (C=O) groups excluding carboxylic acids is 2. The molecule has 0 aliphatic heterocycles. The summed E-state index contributed by atoms with van der Waals surface area (Å²) in [5.41, 5.74) is 1.98. The summed E-state index contributed by atoms with van der Waals surface area (Å²) in [4.78, 5) is 28.7. The molecule has 3 aromatic rings. The molecule has 0 unspecified atom stereocenters. The zero-order chi connectivity index (χ0) is 21.7. The number of furan rings is 1. The molecule has 0 fully saturated rings. The third kappa shape index (κ3) is 5.91. The molecule has 0 aliphatic carbocycles. The minimum Gasteiger partial charge on any atom is -0.469 e. The lowest BCUT2D eigenvalue weighted by Crippen LogP contribution is -2.25. The first-order chi connectivity index (χ1) is 14.2. The fraction of sp³-hybridized carbons (Fsp3) is 0.211. The van der Waals surface area contributed by atoms with Gasteiger partial charge in [-0.3, -0.25) is 19.6 Å². The Hall–Kier alpha value is -3.18. The topological polar surface area (TPSA) is 130 Å². The first-order valence-electron chi connectivity index (χ1n) is 8.83. The van der Waals surface area contributed by atoms with Gasteiger partial charge in [0.25, 0.3) is 5.91 Å². The number of aromatic nitrogens is 1. The molecule has 30 heavy (non-hydrogen) atoms. The Morgan fingerprint density at radius 2 is 1.97 bits per heavy atom. The van der Waals surface area contributed by atoms with Gasteiger partial charge in [0.1, 0.15) is 5.76 Å². The fourth-order valence-corrected chi connectivity index (χ4v) is 3.93. The lowest BCUT2D eigenvalue weighted by molar-refractivity contribution is -0.120. The summed E-state index contributed by atoms with van der Waals surface area (Å²) in [6.07, 6.45) is 2.53. The molecule has 0 saturated carbocycles. The highest BCUT2D eigenvalue weighted by molar-refractivity contribution is 7.92. The van der Waals surface area contributed by atoms with Gasteiger partial charge in [-0.15, -0.1) is 11.3 Å². The van der Waals surface area contributed by atoms with Crippen LogP contribution in [0.15, 0.2) is 46.4 Å². The molecule has 0 saturated heterocycles. The van der Waals surface area contributed by atoms with Crippen LogP contribution in [0.3, 0.4) is 0 Å². The van der Waals surface area contributed by atoms with Crippen molar-refractivity contribution < 1.29 is 22.4 Å². The Morgan fingerprint density at radius 3 is 2.67 bits per heavy atom. The monoisotopic (exact) mass is 448 g/mol. The Bertz CT molecular complexity index is 1170. The second-order valence-corrected chi connectivity index (χ2v) is 9.08. The predicted molar refractivity (Wildman–Crippen MR) is 114 cm³/mol. The van der Waals surface area contributed by atoms with E-state index in [4.69, 9.17) is 4.42 Å². The van der Waals surface area contributed by atoms with Crippen LogP contribution in [0, 0.1) is 6.92 Å². The van der Waals surface area contributed by atoms with Crippen molar-refractivity contribution in [2.75, 3.05) is 16.3 Å². The van der Waals surface area contributed by atoms with E-state index in [0.717, 1.165) is 6.26 Å². The van der Waals surface area contributed by atoms with Gasteiger partial charge < -0.3 is 9.73 Å². The van der Waals surface area contributed by atoms with E-state index in [0.29, 0.717) is 33.4 Å². The second kappa shape index (κ2) is 9.09.